The second-order valence-electron chi connectivity index (χ2n) is 8.12. The third kappa shape index (κ3) is 5.96. The number of carbonyl (C=O) groups is 2. The van der Waals surface area contributed by atoms with Crippen LogP contribution in [0.15, 0.2) is 18.2 Å². The van der Waals surface area contributed by atoms with Crippen molar-refractivity contribution in [3.8, 4) is 0 Å². The Hall–Kier alpha value is -2.08. The van der Waals surface area contributed by atoms with Crippen molar-refractivity contribution >= 4 is 17.6 Å². The third-order valence-corrected chi connectivity index (χ3v) is 5.28. The fraction of sp³-hybridized carbons (Fsp3) is 0.619. The maximum Gasteiger partial charge on any atom is 0.321 e. The Kier molecular flexibility index (Phi) is 7.25. The molecule has 3 amide bonds. The molecule has 1 aromatic rings. The van der Waals surface area contributed by atoms with Crippen LogP contribution < -0.4 is 10.6 Å². The van der Waals surface area contributed by atoms with Gasteiger partial charge in [-0.25, -0.2) is 4.79 Å². The fourth-order valence-corrected chi connectivity index (χ4v) is 3.38. The molecule has 1 aliphatic carbocycles. The molecular weight excluding hydrogens is 342 g/mol. The summed E-state index contributed by atoms with van der Waals surface area (Å²) in [7, 11) is 1.72. The second-order valence-corrected chi connectivity index (χ2v) is 8.12. The molecule has 2 rings (SSSR count). The minimum absolute atomic E-state index is 0.130. The summed E-state index contributed by atoms with van der Waals surface area (Å²) in [5.41, 5.74) is 1.31. The highest BCUT2D eigenvalue weighted by atomic mass is 16.3. The van der Waals surface area contributed by atoms with Crippen LogP contribution in [-0.4, -0.2) is 47.7 Å². The summed E-state index contributed by atoms with van der Waals surface area (Å²) in [6.45, 7) is 7.03. The standard InChI is InChI=1S/C21H33N3O3/c1-15(2)14-22-19(25)17-8-7-9-18(16(17)3)23-20(26)24(4)13-12-21(27)10-5-6-11-21/h7-9,15,27H,5-6,10-14H2,1-4H3,(H,22,25)(H,23,26). The van der Waals surface area contributed by atoms with E-state index in [-0.39, 0.29) is 11.9 Å². The van der Waals surface area contributed by atoms with Crippen molar-refractivity contribution in [1.29, 1.82) is 0 Å². The molecule has 0 aliphatic heterocycles. The molecule has 0 saturated heterocycles. The number of nitrogens with zero attached hydrogens (tertiary/aromatic N) is 1. The molecule has 0 aromatic heterocycles. The molecule has 6 nitrogen and oxygen atoms in total. The van der Waals surface area contributed by atoms with Crippen LogP contribution in [0.2, 0.25) is 0 Å². The van der Waals surface area contributed by atoms with Crippen molar-refractivity contribution in [2.75, 3.05) is 25.5 Å². The highest BCUT2D eigenvalue weighted by molar-refractivity contribution is 5.99. The van der Waals surface area contributed by atoms with Gasteiger partial charge in [0.25, 0.3) is 5.91 Å². The van der Waals surface area contributed by atoms with Gasteiger partial charge < -0.3 is 20.6 Å². The number of hydrogen-bond donors (Lipinski definition) is 3. The van der Waals surface area contributed by atoms with Gasteiger partial charge in [-0.3, -0.25) is 4.79 Å². The van der Waals surface area contributed by atoms with E-state index < -0.39 is 5.60 Å². The number of anilines is 1. The van der Waals surface area contributed by atoms with E-state index in [0.29, 0.717) is 36.7 Å². The molecule has 0 bridgehead atoms. The van der Waals surface area contributed by atoms with E-state index in [9.17, 15) is 14.7 Å². The predicted octanol–water partition coefficient (Wildman–Crippen LogP) is 3.54. The highest BCUT2D eigenvalue weighted by Crippen LogP contribution is 2.32. The first-order valence-electron chi connectivity index (χ1n) is 9.84. The Morgan fingerprint density at radius 1 is 1.26 bits per heavy atom. The molecule has 0 radical (unpaired) electrons. The van der Waals surface area contributed by atoms with Gasteiger partial charge in [0.1, 0.15) is 0 Å². The SMILES string of the molecule is Cc1c(NC(=O)N(C)CCC2(O)CCCC2)cccc1C(=O)NCC(C)C. The molecule has 1 saturated carbocycles. The summed E-state index contributed by atoms with van der Waals surface area (Å²) >= 11 is 0. The van der Waals surface area contributed by atoms with E-state index in [4.69, 9.17) is 0 Å². The van der Waals surface area contributed by atoms with Gasteiger partial charge >= 0.3 is 6.03 Å². The molecule has 0 heterocycles. The average molecular weight is 376 g/mol. The minimum Gasteiger partial charge on any atom is -0.390 e. The summed E-state index contributed by atoms with van der Waals surface area (Å²) in [6, 6.07) is 5.10. The predicted molar refractivity (Wildman–Crippen MR) is 108 cm³/mol. The molecule has 0 spiro atoms. The zero-order valence-electron chi connectivity index (χ0n) is 17.0. The summed E-state index contributed by atoms with van der Waals surface area (Å²) in [6.07, 6.45) is 4.33. The van der Waals surface area contributed by atoms with Crippen LogP contribution in [0.25, 0.3) is 0 Å². The monoisotopic (exact) mass is 375 g/mol. The number of benzene rings is 1. The van der Waals surface area contributed by atoms with Crippen molar-refractivity contribution in [3.05, 3.63) is 29.3 Å². The number of carbonyl (C=O) groups excluding carboxylic acids is 2. The van der Waals surface area contributed by atoms with Crippen molar-refractivity contribution in [2.24, 2.45) is 5.92 Å². The molecular formula is C21H33N3O3. The third-order valence-electron chi connectivity index (χ3n) is 5.28. The Labute approximate surface area is 162 Å². The fourth-order valence-electron chi connectivity index (χ4n) is 3.38. The van der Waals surface area contributed by atoms with Gasteiger partial charge in [-0.05, 0) is 49.8 Å². The lowest BCUT2D eigenvalue weighted by atomic mass is 9.98. The first-order valence-corrected chi connectivity index (χ1v) is 9.84. The van der Waals surface area contributed by atoms with Crippen molar-refractivity contribution < 1.29 is 14.7 Å². The van der Waals surface area contributed by atoms with E-state index >= 15 is 0 Å². The minimum atomic E-state index is -0.626. The number of hydrogen-bond acceptors (Lipinski definition) is 3. The molecule has 150 valence electrons. The summed E-state index contributed by atoms with van der Waals surface area (Å²) in [4.78, 5) is 26.5. The number of rotatable bonds is 7. The Bertz CT molecular complexity index is 667. The normalized spacial score (nSPS) is 15.6. The molecule has 1 fully saturated rings. The van der Waals surface area contributed by atoms with Crippen LogP contribution in [0.1, 0.15) is 61.9 Å². The number of nitrogens with one attached hydrogen (secondary N) is 2. The van der Waals surface area contributed by atoms with E-state index in [1.165, 1.54) is 0 Å². The van der Waals surface area contributed by atoms with Crippen molar-refractivity contribution in [1.82, 2.24) is 10.2 Å². The van der Waals surface area contributed by atoms with Crippen LogP contribution in [-0.2, 0) is 0 Å². The van der Waals surface area contributed by atoms with Gasteiger partial charge in [-0.1, -0.05) is 32.8 Å². The zero-order chi connectivity index (χ0) is 20.0. The van der Waals surface area contributed by atoms with Gasteiger partial charge in [-0.15, -0.1) is 0 Å². The maximum absolute atomic E-state index is 12.5. The Morgan fingerprint density at radius 2 is 1.93 bits per heavy atom. The van der Waals surface area contributed by atoms with E-state index in [2.05, 4.69) is 10.6 Å². The zero-order valence-corrected chi connectivity index (χ0v) is 17.0. The first kappa shape index (κ1) is 21.2. The van der Waals surface area contributed by atoms with Crippen LogP contribution in [0.3, 0.4) is 0 Å². The van der Waals surface area contributed by atoms with Crippen LogP contribution >= 0.6 is 0 Å². The Balaban J connectivity index is 1.96. The summed E-state index contributed by atoms with van der Waals surface area (Å²) in [5, 5.41) is 16.2. The quantitative estimate of drug-likeness (QED) is 0.682. The van der Waals surface area contributed by atoms with Crippen molar-refractivity contribution in [3.63, 3.8) is 0 Å². The number of amides is 3. The van der Waals surface area contributed by atoms with Gasteiger partial charge in [0.2, 0.25) is 0 Å². The molecule has 6 heteroatoms. The van der Waals surface area contributed by atoms with E-state index in [1.807, 2.05) is 20.8 Å². The summed E-state index contributed by atoms with van der Waals surface area (Å²) in [5.74, 6) is 0.245. The lowest BCUT2D eigenvalue weighted by Gasteiger charge is -2.26. The molecule has 3 N–H and O–H groups in total. The van der Waals surface area contributed by atoms with Crippen molar-refractivity contribution in [2.45, 2.75) is 58.5 Å². The van der Waals surface area contributed by atoms with Crippen LogP contribution in [0.4, 0.5) is 10.5 Å². The van der Waals surface area contributed by atoms with Gasteiger partial charge in [-0.2, -0.15) is 0 Å². The summed E-state index contributed by atoms with van der Waals surface area (Å²) < 4.78 is 0. The van der Waals surface area contributed by atoms with Crippen LogP contribution in [0, 0.1) is 12.8 Å². The topological polar surface area (TPSA) is 81.7 Å². The molecule has 27 heavy (non-hydrogen) atoms. The van der Waals surface area contributed by atoms with E-state index in [1.54, 1.807) is 30.1 Å². The highest BCUT2D eigenvalue weighted by Gasteiger charge is 2.31. The lowest BCUT2D eigenvalue weighted by Crippen LogP contribution is -2.37. The second kappa shape index (κ2) is 9.22. The Morgan fingerprint density at radius 3 is 2.56 bits per heavy atom. The lowest BCUT2D eigenvalue weighted by molar-refractivity contribution is 0.0335. The van der Waals surface area contributed by atoms with Crippen LogP contribution in [0.5, 0.6) is 0 Å². The molecule has 1 aliphatic rings. The smallest absolute Gasteiger partial charge is 0.321 e. The van der Waals surface area contributed by atoms with Gasteiger partial charge in [0.15, 0.2) is 0 Å². The van der Waals surface area contributed by atoms with Gasteiger partial charge in [0, 0.05) is 31.4 Å². The molecule has 1 aromatic carbocycles. The molecule has 0 unspecified atom stereocenters. The van der Waals surface area contributed by atoms with Gasteiger partial charge in [0.05, 0.1) is 5.60 Å². The average Bonchev–Trinajstić information content (AvgIpc) is 3.06. The van der Waals surface area contributed by atoms with E-state index in [0.717, 1.165) is 31.2 Å². The number of aliphatic hydroxyl groups is 1. The first-order chi connectivity index (χ1) is 12.7. The largest absolute Gasteiger partial charge is 0.390 e. The maximum atomic E-state index is 12.5. The number of urea groups is 1. The molecule has 0 atom stereocenters.